The number of carbonyl (C=O) groups excluding carboxylic acids is 1. The first-order chi connectivity index (χ1) is 10.0. The molecule has 2 unspecified atom stereocenters. The molecule has 6 heteroatoms. The van der Waals surface area contributed by atoms with Crippen LogP contribution in [0.15, 0.2) is 18.2 Å². The number of nitrogens with zero attached hydrogens (tertiary/aromatic N) is 1. The van der Waals surface area contributed by atoms with Gasteiger partial charge in [-0.15, -0.1) is 0 Å². The molecular formula is C15H19FN2O3. The van der Waals surface area contributed by atoms with E-state index in [0.717, 1.165) is 0 Å². The van der Waals surface area contributed by atoms with E-state index < -0.39 is 11.5 Å². The Balaban J connectivity index is 1.91. The summed E-state index contributed by atoms with van der Waals surface area (Å²) in [7, 11) is 0. The predicted molar refractivity (Wildman–Crippen MR) is 74.5 cm³/mol. The molecule has 2 aliphatic heterocycles. The van der Waals surface area contributed by atoms with Crippen molar-refractivity contribution in [1.82, 2.24) is 10.2 Å². The van der Waals surface area contributed by atoms with Gasteiger partial charge in [0.2, 0.25) is 0 Å². The summed E-state index contributed by atoms with van der Waals surface area (Å²) >= 11 is 0. The van der Waals surface area contributed by atoms with Crippen molar-refractivity contribution in [2.45, 2.75) is 32.0 Å². The lowest BCUT2D eigenvalue weighted by Gasteiger charge is -2.50. The summed E-state index contributed by atoms with van der Waals surface area (Å²) in [5, 5.41) is 2.92. The van der Waals surface area contributed by atoms with Crippen molar-refractivity contribution in [3.05, 3.63) is 29.6 Å². The molecule has 21 heavy (non-hydrogen) atoms. The highest BCUT2D eigenvalue weighted by molar-refractivity contribution is 5.77. The van der Waals surface area contributed by atoms with E-state index in [9.17, 15) is 9.18 Å². The van der Waals surface area contributed by atoms with E-state index in [-0.39, 0.29) is 17.8 Å². The Hall–Kier alpha value is -1.82. The zero-order valence-corrected chi connectivity index (χ0v) is 12.2. The van der Waals surface area contributed by atoms with Crippen LogP contribution in [0.4, 0.5) is 9.18 Å². The first kappa shape index (κ1) is 14.1. The molecule has 1 aromatic carbocycles. The summed E-state index contributed by atoms with van der Waals surface area (Å²) in [5.41, 5.74) is -0.149. The molecule has 1 fully saturated rings. The molecule has 1 aromatic rings. The van der Waals surface area contributed by atoms with Gasteiger partial charge < -0.3 is 14.8 Å². The number of para-hydroxylation sites is 1. The van der Waals surface area contributed by atoms with Crippen LogP contribution in [0.3, 0.4) is 0 Å². The van der Waals surface area contributed by atoms with Gasteiger partial charge in [-0.25, -0.2) is 9.18 Å². The van der Waals surface area contributed by atoms with Gasteiger partial charge in [-0.05, 0) is 19.9 Å². The molecule has 0 spiro atoms. The molecule has 0 aliphatic carbocycles. The Morgan fingerprint density at radius 1 is 1.57 bits per heavy atom. The summed E-state index contributed by atoms with van der Waals surface area (Å²) in [6, 6.07) is 4.37. The number of carbonyl (C=O) groups is 1. The molecule has 114 valence electrons. The molecule has 2 bridgehead atoms. The number of fused-ring (bicyclic) bond motifs is 4. The molecule has 2 aliphatic rings. The van der Waals surface area contributed by atoms with Crippen LogP contribution in [0.2, 0.25) is 0 Å². The highest BCUT2D eigenvalue weighted by Gasteiger charge is 2.49. The van der Waals surface area contributed by atoms with Crippen LogP contribution in [0, 0.1) is 5.82 Å². The minimum atomic E-state index is -0.848. The van der Waals surface area contributed by atoms with Crippen molar-refractivity contribution in [2.75, 3.05) is 19.8 Å². The van der Waals surface area contributed by atoms with Crippen LogP contribution >= 0.6 is 0 Å². The molecule has 5 nitrogen and oxygen atoms in total. The van der Waals surface area contributed by atoms with E-state index in [4.69, 9.17) is 9.47 Å². The summed E-state index contributed by atoms with van der Waals surface area (Å²) in [6.07, 6.45) is 0.585. The normalized spacial score (nSPS) is 26.9. The predicted octanol–water partition coefficient (Wildman–Crippen LogP) is 2.43. The first-order valence-electron chi connectivity index (χ1n) is 7.18. The molecule has 0 saturated carbocycles. The summed E-state index contributed by atoms with van der Waals surface area (Å²) < 4.78 is 25.2. The smallest absolute Gasteiger partial charge is 0.321 e. The van der Waals surface area contributed by atoms with Crippen molar-refractivity contribution < 1.29 is 18.7 Å². The molecule has 2 heterocycles. The highest BCUT2D eigenvalue weighted by Crippen LogP contribution is 2.44. The molecule has 2 amide bonds. The van der Waals surface area contributed by atoms with Crippen molar-refractivity contribution in [3.8, 4) is 5.75 Å². The third kappa shape index (κ3) is 2.33. The average Bonchev–Trinajstić information content (AvgIpc) is 2.43. The van der Waals surface area contributed by atoms with Gasteiger partial charge in [0.1, 0.15) is 0 Å². The van der Waals surface area contributed by atoms with Crippen LogP contribution in [0.5, 0.6) is 5.75 Å². The number of benzene rings is 1. The Kier molecular flexibility index (Phi) is 3.49. The van der Waals surface area contributed by atoms with Crippen LogP contribution in [-0.4, -0.2) is 36.4 Å². The van der Waals surface area contributed by atoms with E-state index in [1.807, 2.05) is 13.8 Å². The maximum atomic E-state index is 14.0. The minimum Gasteiger partial charge on any atom is -0.465 e. The largest absolute Gasteiger partial charge is 0.465 e. The van der Waals surface area contributed by atoms with Gasteiger partial charge in [-0.2, -0.15) is 0 Å². The quantitative estimate of drug-likeness (QED) is 0.868. The maximum Gasteiger partial charge on any atom is 0.321 e. The molecule has 3 rings (SSSR count). The van der Waals surface area contributed by atoms with E-state index >= 15 is 0 Å². The molecular weight excluding hydrogens is 275 g/mol. The second-order valence-electron chi connectivity index (χ2n) is 5.49. The van der Waals surface area contributed by atoms with Gasteiger partial charge in [0.25, 0.3) is 0 Å². The molecule has 0 radical (unpaired) electrons. The fourth-order valence-electron chi connectivity index (χ4n) is 3.03. The number of nitrogens with one attached hydrogen (secondary N) is 1. The lowest BCUT2D eigenvalue weighted by molar-refractivity contribution is -0.0926. The van der Waals surface area contributed by atoms with Crippen molar-refractivity contribution in [2.24, 2.45) is 0 Å². The third-order valence-electron chi connectivity index (χ3n) is 4.05. The van der Waals surface area contributed by atoms with Gasteiger partial charge in [0, 0.05) is 25.1 Å². The molecule has 0 aromatic heterocycles. The Morgan fingerprint density at radius 2 is 2.38 bits per heavy atom. The summed E-state index contributed by atoms with van der Waals surface area (Å²) in [4.78, 5) is 13.9. The number of halogens is 1. The van der Waals surface area contributed by atoms with Crippen LogP contribution in [0.25, 0.3) is 0 Å². The summed E-state index contributed by atoms with van der Waals surface area (Å²) in [6.45, 7) is 5.15. The summed E-state index contributed by atoms with van der Waals surface area (Å²) in [5.74, 6) is -0.165. The van der Waals surface area contributed by atoms with E-state index in [1.54, 1.807) is 17.0 Å². The standard InChI is InChI=1S/C15H19FN2O3/c1-3-20-8-7-18-14(19)17-12-9-15(18,2)21-13-10(12)5-4-6-11(13)16/h4-6,12H,3,7-9H2,1-2H3,(H,17,19). The number of amides is 2. The average molecular weight is 294 g/mol. The Labute approximate surface area is 123 Å². The van der Waals surface area contributed by atoms with Crippen molar-refractivity contribution >= 4 is 6.03 Å². The highest BCUT2D eigenvalue weighted by atomic mass is 19.1. The van der Waals surface area contributed by atoms with Gasteiger partial charge in [0.15, 0.2) is 17.3 Å². The van der Waals surface area contributed by atoms with Crippen LogP contribution in [0.1, 0.15) is 31.9 Å². The monoisotopic (exact) mass is 294 g/mol. The molecule has 2 atom stereocenters. The zero-order valence-electron chi connectivity index (χ0n) is 12.2. The minimum absolute atomic E-state index is 0.205. The molecule has 1 N–H and O–H groups in total. The van der Waals surface area contributed by atoms with E-state index in [2.05, 4.69) is 5.32 Å². The van der Waals surface area contributed by atoms with Crippen molar-refractivity contribution in [3.63, 3.8) is 0 Å². The SMILES string of the molecule is CCOCCN1C(=O)NC2CC1(C)Oc1c(F)cccc12. The fraction of sp³-hybridized carbons (Fsp3) is 0.533. The van der Waals surface area contributed by atoms with Gasteiger partial charge in [-0.3, -0.25) is 4.90 Å². The van der Waals surface area contributed by atoms with Gasteiger partial charge in [-0.1, -0.05) is 12.1 Å². The van der Waals surface area contributed by atoms with Gasteiger partial charge >= 0.3 is 6.03 Å². The Morgan fingerprint density at radius 3 is 3.14 bits per heavy atom. The zero-order chi connectivity index (χ0) is 15.0. The van der Waals surface area contributed by atoms with Gasteiger partial charge in [0.05, 0.1) is 12.6 Å². The lowest BCUT2D eigenvalue weighted by Crippen LogP contribution is -2.65. The van der Waals surface area contributed by atoms with E-state index in [0.29, 0.717) is 31.7 Å². The van der Waals surface area contributed by atoms with Crippen LogP contribution < -0.4 is 10.1 Å². The van der Waals surface area contributed by atoms with E-state index in [1.165, 1.54) is 6.07 Å². The number of urea groups is 1. The fourth-order valence-corrected chi connectivity index (χ4v) is 3.03. The lowest BCUT2D eigenvalue weighted by atomic mass is 9.90. The topological polar surface area (TPSA) is 50.8 Å². The van der Waals surface area contributed by atoms with Crippen LogP contribution in [-0.2, 0) is 4.74 Å². The number of hydrogen-bond acceptors (Lipinski definition) is 3. The first-order valence-corrected chi connectivity index (χ1v) is 7.18. The second kappa shape index (κ2) is 5.18. The number of rotatable bonds is 4. The third-order valence-corrected chi connectivity index (χ3v) is 4.05. The number of hydrogen-bond donors (Lipinski definition) is 1. The molecule has 1 saturated heterocycles. The second-order valence-corrected chi connectivity index (χ2v) is 5.49. The Bertz CT molecular complexity index is 566. The maximum absolute atomic E-state index is 14.0. The van der Waals surface area contributed by atoms with Crippen molar-refractivity contribution in [1.29, 1.82) is 0 Å². The number of ether oxygens (including phenoxy) is 2.